The van der Waals surface area contributed by atoms with Gasteiger partial charge < -0.3 is 9.53 Å². The van der Waals surface area contributed by atoms with Crippen LogP contribution >= 0.6 is 0 Å². The molecular weight excluding hydrogens is 334 g/mol. The van der Waals surface area contributed by atoms with Gasteiger partial charge in [-0.05, 0) is 23.7 Å². The first-order chi connectivity index (χ1) is 11.6. The van der Waals surface area contributed by atoms with Crippen LogP contribution < -0.4 is 0 Å². The summed E-state index contributed by atoms with van der Waals surface area (Å²) in [6.07, 6.45) is 0.987. The fraction of sp³-hybridized carbons (Fsp3) is 0.579. The van der Waals surface area contributed by atoms with Crippen LogP contribution in [0.3, 0.4) is 0 Å². The molecule has 0 heterocycles. The SMILES string of the molecule is CC(C)(C)[Si](C)(C)OCC(CC#CCCO)c1cccc([N+](=O)[O-])c1. The highest BCUT2D eigenvalue weighted by atomic mass is 28.4. The zero-order chi connectivity index (χ0) is 19.1. The molecule has 1 unspecified atom stereocenters. The zero-order valence-corrected chi connectivity index (χ0v) is 16.8. The van der Waals surface area contributed by atoms with Gasteiger partial charge in [-0.2, -0.15) is 0 Å². The molecule has 1 N–H and O–H groups in total. The number of aliphatic hydroxyl groups is 1. The molecule has 0 spiro atoms. The van der Waals surface area contributed by atoms with Gasteiger partial charge in [0.2, 0.25) is 0 Å². The molecule has 25 heavy (non-hydrogen) atoms. The van der Waals surface area contributed by atoms with Crippen molar-refractivity contribution in [3.63, 3.8) is 0 Å². The lowest BCUT2D eigenvalue weighted by Gasteiger charge is -2.37. The molecule has 0 amide bonds. The Kier molecular flexibility index (Phi) is 7.81. The highest BCUT2D eigenvalue weighted by molar-refractivity contribution is 6.74. The second kappa shape index (κ2) is 9.14. The maximum absolute atomic E-state index is 11.0. The quantitative estimate of drug-likeness (QED) is 0.336. The van der Waals surface area contributed by atoms with E-state index in [1.54, 1.807) is 12.1 Å². The summed E-state index contributed by atoms with van der Waals surface area (Å²) in [5.74, 6) is 5.96. The summed E-state index contributed by atoms with van der Waals surface area (Å²) >= 11 is 0. The molecule has 0 aliphatic carbocycles. The van der Waals surface area contributed by atoms with Crippen LogP contribution in [0.4, 0.5) is 5.69 Å². The molecule has 0 aromatic heterocycles. The van der Waals surface area contributed by atoms with Crippen molar-refractivity contribution in [2.24, 2.45) is 0 Å². The second-order valence-electron chi connectivity index (χ2n) is 7.65. The lowest BCUT2D eigenvalue weighted by atomic mass is 9.96. The number of non-ortho nitro benzene ring substituents is 1. The van der Waals surface area contributed by atoms with Crippen LogP contribution in [-0.4, -0.2) is 31.6 Å². The van der Waals surface area contributed by atoms with Gasteiger partial charge in [0.25, 0.3) is 5.69 Å². The molecule has 0 aliphatic rings. The summed E-state index contributed by atoms with van der Waals surface area (Å²) < 4.78 is 6.32. The topological polar surface area (TPSA) is 72.6 Å². The van der Waals surface area contributed by atoms with Gasteiger partial charge in [0.05, 0.1) is 11.5 Å². The first-order valence-corrected chi connectivity index (χ1v) is 11.4. The number of aliphatic hydroxyl groups excluding tert-OH is 1. The van der Waals surface area contributed by atoms with Gasteiger partial charge in [-0.15, -0.1) is 11.8 Å². The van der Waals surface area contributed by atoms with Crippen LogP contribution in [0.1, 0.15) is 45.1 Å². The Labute approximate surface area is 151 Å². The summed E-state index contributed by atoms with van der Waals surface area (Å²) in [5, 5.41) is 20.0. The summed E-state index contributed by atoms with van der Waals surface area (Å²) in [5.41, 5.74) is 0.948. The number of nitro benzene ring substituents is 1. The largest absolute Gasteiger partial charge is 0.416 e. The minimum atomic E-state index is -1.91. The summed E-state index contributed by atoms with van der Waals surface area (Å²) in [4.78, 5) is 10.7. The molecule has 0 fully saturated rings. The van der Waals surface area contributed by atoms with Gasteiger partial charge in [0.1, 0.15) is 0 Å². The Morgan fingerprint density at radius 2 is 2.00 bits per heavy atom. The van der Waals surface area contributed by atoms with E-state index < -0.39 is 8.32 Å². The Bertz CT molecular complexity index is 641. The maximum Gasteiger partial charge on any atom is 0.269 e. The van der Waals surface area contributed by atoms with E-state index in [2.05, 4.69) is 45.7 Å². The smallest absolute Gasteiger partial charge is 0.269 e. The Hall–Kier alpha value is -1.68. The van der Waals surface area contributed by atoms with Gasteiger partial charge in [0, 0.05) is 37.5 Å². The Morgan fingerprint density at radius 1 is 1.32 bits per heavy atom. The van der Waals surface area contributed by atoms with E-state index in [0.717, 1.165) is 5.56 Å². The van der Waals surface area contributed by atoms with Crippen LogP contribution in [0.25, 0.3) is 0 Å². The molecule has 138 valence electrons. The van der Waals surface area contributed by atoms with Crippen molar-refractivity contribution in [2.75, 3.05) is 13.2 Å². The molecular formula is C19H29NO4Si. The van der Waals surface area contributed by atoms with E-state index in [0.29, 0.717) is 19.4 Å². The molecule has 1 rings (SSSR count). The highest BCUT2D eigenvalue weighted by Gasteiger charge is 2.37. The molecule has 1 aromatic carbocycles. The van der Waals surface area contributed by atoms with Gasteiger partial charge in [-0.3, -0.25) is 10.1 Å². The zero-order valence-electron chi connectivity index (χ0n) is 15.8. The molecule has 1 atom stereocenters. The van der Waals surface area contributed by atoms with Crippen molar-refractivity contribution in [1.82, 2.24) is 0 Å². The van der Waals surface area contributed by atoms with E-state index in [1.165, 1.54) is 6.07 Å². The number of hydrogen-bond acceptors (Lipinski definition) is 4. The first-order valence-electron chi connectivity index (χ1n) is 8.53. The number of benzene rings is 1. The predicted molar refractivity (Wildman–Crippen MR) is 103 cm³/mol. The number of rotatable bonds is 7. The van der Waals surface area contributed by atoms with E-state index >= 15 is 0 Å². The van der Waals surface area contributed by atoms with Crippen LogP contribution in [0.5, 0.6) is 0 Å². The molecule has 0 bridgehead atoms. The summed E-state index contributed by atoms with van der Waals surface area (Å²) in [6.45, 7) is 11.5. The summed E-state index contributed by atoms with van der Waals surface area (Å²) in [7, 11) is -1.91. The number of nitrogens with zero attached hydrogens (tertiary/aromatic N) is 1. The van der Waals surface area contributed by atoms with E-state index in [-0.39, 0.29) is 28.2 Å². The third-order valence-corrected chi connectivity index (χ3v) is 9.21. The minimum Gasteiger partial charge on any atom is -0.416 e. The Balaban J connectivity index is 2.99. The highest BCUT2D eigenvalue weighted by Crippen LogP contribution is 2.37. The molecule has 6 heteroatoms. The Morgan fingerprint density at radius 3 is 2.56 bits per heavy atom. The fourth-order valence-electron chi connectivity index (χ4n) is 2.03. The van der Waals surface area contributed by atoms with Crippen LogP contribution in [-0.2, 0) is 4.43 Å². The second-order valence-corrected chi connectivity index (χ2v) is 12.5. The third-order valence-electron chi connectivity index (χ3n) is 4.71. The third kappa shape index (κ3) is 6.62. The van der Waals surface area contributed by atoms with Gasteiger partial charge in [0.15, 0.2) is 8.32 Å². The van der Waals surface area contributed by atoms with Crippen LogP contribution in [0.2, 0.25) is 18.1 Å². The van der Waals surface area contributed by atoms with Crippen LogP contribution in [0.15, 0.2) is 24.3 Å². The van der Waals surface area contributed by atoms with Crippen molar-refractivity contribution < 1.29 is 14.5 Å². The predicted octanol–water partition coefficient (Wildman–Crippen LogP) is 4.48. The van der Waals surface area contributed by atoms with Crippen molar-refractivity contribution in [3.05, 3.63) is 39.9 Å². The molecule has 1 aromatic rings. The van der Waals surface area contributed by atoms with Gasteiger partial charge in [-0.25, -0.2) is 0 Å². The average Bonchev–Trinajstić information content (AvgIpc) is 2.53. The maximum atomic E-state index is 11.0. The van der Waals surface area contributed by atoms with Crippen molar-refractivity contribution in [1.29, 1.82) is 0 Å². The van der Waals surface area contributed by atoms with Gasteiger partial charge >= 0.3 is 0 Å². The van der Waals surface area contributed by atoms with E-state index in [4.69, 9.17) is 9.53 Å². The van der Waals surface area contributed by atoms with Crippen LogP contribution in [0, 0.1) is 22.0 Å². The molecule has 0 saturated carbocycles. The molecule has 0 saturated heterocycles. The average molecular weight is 364 g/mol. The minimum absolute atomic E-state index is 0.0276. The van der Waals surface area contributed by atoms with E-state index in [9.17, 15) is 10.1 Å². The van der Waals surface area contributed by atoms with Gasteiger partial charge in [-0.1, -0.05) is 32.9 Å². The number of hydrogen-bond donors (Lipinski definition) is 1. The monoisotopic (exact) mass is 363 g/mol. The summed E-state index contributed by atoms with van der Waals surface area (Å²) in [6, 6.07) is 6.69. The van der Waals surface area contributed by atoms with Crippen molar-refractivity contribution >= 4 is 14.0 Å². The number of nitro groups is 1. The first kappa shape index (κ1) is 21.4. The normalized spacial score (nSPS) is 13.0. The lowest BCUT2D eigenvalue weighted by Crippen LogP contribution is -2.41. The standard InChI is InChI=1S/C19H29NO4Si/c1-19(2,3)25(4,5)24-15-17(10-7-6-8-13-21)16-11-9-12-18(14-16)20(22)23/h9,11-12,14,17,21H,8,10,13,15H2,1-5H3. The molecule has 0 aliphatic heterocycles. The van der Waals surface area contributed by atoms with E-state index in [1.807, 2.05) is 6.07 Å². The molecule has 0 radical (unpaired) electrons. The molecule has 5 nitrogen and oxygen atoms in total. The lowest BCUT2D eigenvalue weighted by molar-refractivity contribution is -0.384. The van der Waals surface area contributed by atoms with Crippen molar-refractivity contribution in [3.8, 4) is 11.8 Å². The fourth-order valence-corrected chi connectivity index (χ4v) is 3.08. The van der Waals surface area contributed by atoms with Crippen molar-refractivity contribution in [2.45, 2.75) is 57.7 Å².